The predicted octanol–water partition coefficient (Wildman–Crippen LogP) is 3.44. The molecule has 1 amide bonds. The minimum absolute atomic E-state index is 0.105. The van der Waals surface area contributed by atoms with Crippen molar-refractivity contribution in [3.05, 3.63) is 35.4 Å². The molecule has 0 heterocycles. The highest BCUT2D eigenvalue weighted by atomic mass is 16.7. The van der Waals surface area contributed by atoms with E-state index in [-0.39, 0.29) is 29.4 Å². The molecule has 5 nitrogen and oxygen atoms in total. The number of terminal acetylenes is 1. The fraction of sp³-hybridized carbons (Fsp3) is 0.524. The van der Waals surface area contributed by atoms with Gasteiger partial charge in [-0.05, 0) is 42.2 Å². The van der Waals surface area contributed by atoms with E-state index in [2.05, 4.69) is 18.9 Å². The van der Waals surface area contributed by atoms with Gasteiger partial charge >= 0.3 is 12.1 Å². The summed E-state index contributed by atoms with van der Waals surface area (Å²) in [7, 11) is 0. The van der Waals surface area contributed by atoms with E-state index in [0.29, 0.717) is 0 Å². The van der Waals surface area contributed by atoms with Crippen molar-refractivity contribution in [2.75, 3.05) is 6.54 Å². The summed E-state index contributed by atoms with van der Waals surface area (Å²) in [5.41, 5.74) is 2.15. The lowest BCUT2D eigenvalue weighted by Crippen LogP contribution is -2.37. The molecule has 26 heavy (non-hydrogen) atoms. The number of esters is 1. The van der Waals surface area contributed by atoms with Gasteiger partial charge in [0.05, 0.1) is 18.0 Å². The van der Waals surface area contributed by atoms with E-state index >= 15 is 0 Å². The number of ether oxygens (including phenoxy) is 2. The van der Waals surface area contributed by atoms with Crippen molar-refractivity contribution < 1.29 is 19.1 Å². The zero-order valence-corrected chi connectivity index (χ0v) is 15.2. The fourth-order valence-corrected chi connectivity index (χ4v) is 4.34. The Balaban J connectivity index is 1.40. The number of nitrogens with zero attached hydrogens (tertiary/aromatic N) is 1. The van der Waals surface area contributed by atoms with Crippen LogP contribution in [-0.4, -0.2) is 29.8 Å². The van der Waals surface area contributed by atoms with E-state index in [9.17, 15) is 9.59 Å². The normalized spacial score (nSPS) is 31.0. The maximum absolute atomic E-state index is 12.7. The average Bonchev–Trinajstić information content (AvgIpc) is 3.29. The molecule has 2 atom stereocenters. The Labute approximate surface area is 153 Å². The molecule has 2 saturated carbocycles. The minimum atomic E-state index is -0.924. The summed E-state index contributed by atoms with van der Waals surface area (Å²) in [6, 6.07) is 7.94. The maximum atomic E-state index is 12.7. The number of rotatable bonds is 5. The highest BCUT2D eigenvalue weighted by Gasteiger charge is 2.85. The summed E-state index contributed by atoms with van der Waals surface area (Å²) in [6.45, 7) is 3.81. The molecule has 0 spiro atoms. The zero-order chi connectivity index (χ0) is 18.5. The van der Waals surface area contributed by atoms with Crippen LogP contribution in [0.15, 0.2) is 24.3 Å². The molecule has 2 unspecified atom stereocenters. The third-order valence-electron chi connectivity index (χ3n) is 6.19. The van der Waals surface area contributed by atoms with Crippen LogP contribution in [0.4, 0.5) is 4.79 Å². The van der Waals surface area contributed by atoms with Gasteiger partial charge in [0.15, 0.2) is 0 Å². The second-order valence-corrected chi connectivity index (χ2v) is 7.94. The summed E-state index contributed by atoms with van der Waals surface area (Å²) in [5.74, 6) is 2.28. The van der Waals surface area contributed by atoms with Crippen LogP contribution in [-0.2, 0) is 20.7 Å². The summed E-state index contributed by atoms with van der Waals surface area (Å²) in [6.07, 6.45) is 7.47. The topological polar surface area (TPSA) is 55.8 Å². The molecule has 0 bridgehead atoms. The molecule has 3 aliphatic rings. The second kappa shape index (κ2) is 5.77. The second-order valence-electron chi connectivity index (χ2n) is 7.94. The molecule has 1 aromatic carbocycles. The Morgan fingerprint density at radius 2 is 2.04 bits per heavy atom. The Kier molecular flexibility index (Phi) is 3.76. The molecule has 2 fully saturated rings. The van der Waals surface area contributed by atoms with Crippen LogP contribution in [0.3, 0.4) is 0 Å². The molecule has 1 aromatic rings. The highest BCUT2D eigenvalue weighted by Crippen LogP contribution is 2.86. The fourth-order valence-electron chi connectivity index (χ4n) is 4.34. The first-order valence-electron chi connectivity index (χ1n) is 9.10. The summed E-state index contributed by atoms with van der Waals surface area (Å²) < 4.78 is 10.7. The molecule has 0 N–H and O–H groups in total. The van der Waals surface area contributed by atoms with Crippen LogP contribution in [0, 0.1) is 23.2 Å². The van der Waals surface area contributed by atoms with Crippen molar-refractivity contribution in [2.45, 2.75) is 51.9 Å². The van der Waals surface area contributed by atoms with E-state index in [0.717, 1.165) is 31.2 Å². The van der Waals surface area contributed by atoms with Crippen LogP contribution < -0.4 is 0 Å². The smallest absolute Gasteiger partial charge is 0.414 e. The van der Waals surface area contributed by atoms with Gasteiger partial charge in [0.2, 0.25) is 6.29 Å². The molecule has 4 rings (SSSR count). The first-order chi connectivity index (χ1) is 12.4. The Bertz CT molecular complexity index is 802. The van der Waals surface area contributed by atoms with Crippen molar-refractivity contribution in [3.63, 3.8) is 0 Å². The molecular formula is C21H23NO4. The number of carbonyl (C=O) groups is 2. The lowest BCUT2D eigenvalue weighted by molar-refractivity contribution is -0.170. The quantitative estimate of drug-likeness (QED) is 0.462. The molecule has 0 radical (unpaired) electrons. The molecule has 5 heteroatoms. The lowest BCUT2D eigenvalue weighted by Gasteiger charge is -2.28. The average molecular weight is 353 g/mol. The van der Waals surface area contributed by atoms with Gasteiger partial charge in [-0.2, -0.15) is 0 Å². The van der Waals surface area contributed by atoms with Crippen molar-refractivity contribution in [1.29, 1.82) is 0 Å². The third kappa shape index (κ3) is 2.56. The highest BCUT2D eigenvalue weighted by molar-refractivity contribution is 5.87. The predicted molar refractivity (Wildman–Crippen MR) is 94.9 cm³/mol. The van der Waals surface area contributed by atoms with Gasteiger partial charge in [0.1, 0.15) is 0 Å². The Morgan fingerprint density at radius 3 is 2.69 bits per heavy atom. The monoisotopic (exact) mass is 353 g/mol. The lowest BCUT2D eigenvalue weighted by atomic mass is 10.1. The number of benzene rings is 1. The van der Waals surface area contributed by atoms with E-state index in [4.69, 9.17) is 15.9 Å². The largest absolute Gasteiger partial charge is 0.425 e. The minimum Gasteiger partial charge on any atom is -0.425 e. The zero-order valence-electron chi connectivity index (χ0n) is 15.2. The summed E-state index contributed by atoms with van der Waals surface area (Å²) in [4.78, 5) is 26.4. The van der Waals surface area contributed by atoms with Gasteiger partial charge in [0.25, 0.3) is 0 Å². The Hall–Kier alpha value is -2.48. The van der Waals surface area contributed by atoms with Crippen LogP contribution in [0.1, 0.15) is 50.3 Å². The van der Waals surface area contributed by atoms with E-state index < -0.39 is 12.4 Å². The van der Waals surface area contributed by atoms with E-state index in [1.165, 1.54) is 5.56 Å². The number of carbonyl (C=O) groups excluding carboxylic acids is 2. The van der Waals surface area contributed by atoms with E-state index in [1.807, 2.05) is 18.2 Å². The Morgan fingerprint density at radius 1 is 1.35 bits per heavy atom. The molecular weight excluding hydrogens is 330 g/mol. The van der Waals surface area contributed by atoms with E-state index in [1.54, 1.807) is 11.8 Å². The molecule has 0 saturated heterocycles. The van der Waals surface area contributed by atoms with Crippen molar-refractivity contribution >= 4 is 12.1 Å². The maximum Gasteiger partial charge on any atom is 0.414 e. The summed E-state index contributed by atoms with van der Waals surface area (Å²) in [5, 5.41) is 0. The standard InChI is InChI=1S/C21H23NO4/c1-4-11-22(17-10-9-15-7-5-6-8-16(15)17)19(24)26-14(2)25-18(23)21-12-20(21,3)13-21/h1,5-8,14,17H,9-13H2,2-3H3. The number of fused-ring (bicyclic) bond motifs is 2. The SMILES string of the molecule is C#CCN(C(=O)OC(C)OC(=O)C12CC1(C)C2)C1CCc2ccccc21. The number of hydrogen-bond acceptors (Lipinski definition) is 4. The van der Waals surface area contributed by atoms with Crippen molar-refractivity contribution in [2.24, 2.45) is 10.8 Å². The van der Waals surface area contributed by atoms with Crippen LogP contribution in [0.25, 0.3) is 0 Å². The van der Waals surface area contributed by atoms with Crippen LogP contribution in [0.2, 0.25) is 0 Å². The molecule has 0 aromatic heterocycles. The van der Waals surface area contributed by atoms with Crippen LogP contribution >= 0.6 is 0 Å². The van der Waals surface area contributed by atoms with Crippen molar-refractivity contribution in [3.8, 4) is 12.3 Å². The van der Waals surface area contributed by atoms with Crippen LogP contribution in [0.5, 0.6) is 0 Å². The van der Waals surface area contributed by atoms with Gasteiger partial charge in [-0.3, -0.25) is 9.69 Å². The number of aryl methyl sites for hydroxylation is 1. The van der Waals surface area contributed by atoms with Gasteiger partial charge in [-0.25, -0.2) is 4.79 Å². The third-order valence-corrected chi connectivity index (χ3v) is 6.19. The molecule has 0 aliphatic heterocycles. The molecule has 3 aliphatic carbocycles. The van der Waals surface area contributed by atoms with Crippen molar-refractivity contribution in [1.82, 2.24) is 4.90 Å². The molecule has 136 valence electrons. The first kappa shape index (κ1) is 17.0. The summed E-state index contributed by atoms with van der Waals surface area (Å²) >= 11 is 0. The van der Waals surface area contributed by atoms with Gasteiger partial charge in [0, 0.05) is 6.92 Å². The number of amides is 1. The van der Waals surface area contributed by atoms with Gasteiger partial charge in [-0.1, -0.05) is 37.1 Å². The van der Waals surface area contributed by atoms with Gasteiger partial charge < -0.3 is 9.47 Å². The number of hydrogen-bond donors (Lipinski definition) is 0. The first-order valence-corrected chi connectivity index (χ1v) is 9.10. The van der Waals surface area contributed by atoms with Gasteiger partial charge in [-0.15, -0.1) is 6.42 Å².